The van der Waals surface area contributed by atoms with Gasteiger partial charge in [-0.1, -0.05) is 48.5 Å². The third kappa shape index (κ3) is 5.46. The second-order valence-corrected chi connectivity index (χ2v) is 6.22. The van der Waals surface area contributed by atoms with Gasteiger partial charge in [0.05, 0.1) is 11.1 Å². The first-order valence-electron chi connectivity index (χ1n) is 8.87. The number of hydrogen-bond donors (Lipinski definition) is 2. The molecule has 0 radical (unpaired) electrons. The van der Waals surface area contributed by atoms with E-state index in [9.17, 15) is 19.7 Å². The SMILES string of the molecule is O=C(CCC(=O)Nc1cccc2ccccc12)N/N=C\c1cccc([N+](=O)[O-])c1. The van der Waals surface area contributed by atoms with E-state index in [1.54, 1.807) is 6.07 Å². The molecule has 146 valence electrons. The van der Waals surface area contributed by atoms with Gasteiger partial charge in [0.2, 0.25) is 11.8 Å². The molecule has 3 rings (SSSR count). The number of hydrazone groups is 1. The van der Waals surface area contributed by atoms with Gasteiger partial charge in [0.25, 0.3) is 5.69 Å². The molecule has 0 bridgehead atoms. The number of nitrogens with zero attached hydrogens (tertiary/aromatic N) is 2. The normalized spacial score (nSPS) is 10.8. The molecule has 8 heteroatoms. The minimum atomic E-state index is -0.509. The highest BCUT2D eigenvalue weighted by Crippen LogP contribution is 2.23. The number of non-ortho nitro benzene ring substituents is 1. The van der Waals surface area contributed by atoms with Crippen LogP contribution in [0.3, 0.4) is 0 Å². The first-order valence-corrected chi connectivity index (χ1v) is 8.87. The zero-order valence-corrected chi connectivity index (χ0v) is 15.4. The molecule has 0 unspecified atom stereocenters. The lowest BCUT2D eigenvalue weighted by atomic mass is 10.1. The van der Waals surface area contributed by atoms with Gasteiger partial charge in [-0.25, -0.2) is 5.43 Å². The van der Waals surface area contributed by atoms with Crippen molar-refractivity contribution in [1.29, 1.82) is 0 Å². The summed E-state index contributed by atoms with van der Waals surface area (Å²) in [5.41, 5.74) is 3.42. The Kier molecular flexibility index (Phi) is 6.26. The molecule has 0 aliphatic rings. The van der Waals surface area contributed by atoms with Gasteiger partial charge in [0.1, 0.15) is 0 Å². The van der Waals surface area contributed by atoms with E-state index in [1.807, 2.05) is 42.5 Å². The Morgan fingerprint density at radius 3 is 2.52 bits per heavy atom. The number of carbonyl (C=O) groups is 2. The molecule has 0 saturated carbocycles. The molecule has 2 amide bonds. The Hall–Kier alpha value is -4.07. The van der Waals surface area contributed by atoms with Crippen LogP contribution >= 0.6 is 0 Å². The maximum Gasteiger partial charge on any atom is 0.270 e. The van der Waals surface area contributed by atoms with Gasteiger partial charge < -0.3 is 5.32 Å². The molecular weight excluding hydrogens is 372 g/mol. The average molecular weight is 390 g/mol. The minimum absolute atomic E-state index is 0.00137. The summed E-state index contributed by atoms with van der Waals surface area (Å²) in [6, 6.07) is 19.2. The van der Waals surface area contributed by atoms with Crippen LogP contribution < -0.4 is 10.7 Å². The topological polar surface area (TPSA) is 114 Å². The zero-order valence-electron chi connectivity index (χ0n) is 15.4. The van der Waals surface area contributed by atoms with Crippen molar-refractivity contribution < 1.29 is 14.5 Å². The second kappa shape index (κ2) is 9.23. The molecule has 0 aliphatic heterocycles. The number of fused-ring (bicyclic) bond motifs is 1. The molecule has 8 nitrogen and oxygen atoms in total. The molecule has 2 N–H and O–H groups in total. The number of anilines is 1. The summed E-state index contributed by atoms with van der Waals surface area (Å²) in [7, 11) is 0. The van der Waals surface area contributed by atoms with E-state index in [-0.39, 0.29) is 24.4 Å². The molecule has 0 fully saturated rings. The number of benzene rings is 3. The van der Waals surface area contributed by atoms with E-state index in [0.717, 1.165) is 10.8 Å². The summed E-state index contributed by atoms with van der Waals surface area (Å²) >= 11 is 0. The summed E-state index contributed by atoms with van der Waals surface area (Å²) < 4.78 is 0. The number of nitro groups is 1. The van der Waals surface area contributed by atoms with Crippen LogP contribution in [0.25, 0.3) is 10.8 Å². The number of carbonyl (C=O) groups excluding carboxylic acids is 2. The molecule has 29 heavy (non-hydrogen) atoms. The fourth-order valence-electron chi connectivity index (χ4n) is 2.73. The second-order valence-electron chi connectivity index (χ2n) is 6.22. The largest absolute Gasteiger partial charge is 0.326 e. The monoisotopic (exact) mass is 390 g/mol. The Labute approximate surface area is 166 Å². The third-order valence-corrected chi connectivity index (χ3v) is 4.13. The van der Waals surface area contributed by atoms with E-state index in [2.05, 4.69) is 15.8 Å². The number of nitro benzene ring substituents is 1. The van der Waals surface area contributed by atoms with E-state index in [0.29, 0.717) is 11.3 Å². The molecule has 0 aromatic heterocycles. The van der Waals surface area contributed by atoms with Crippen LogP contribution in [-0.2, 0) is 9.59 Å². The van der Waals surface area contributed by atoms with Crippen LogP contribution in [0.4, 0.5) is 11.4 Å². The van der Waals surface area contributed by atoms with Crippen LogP contribution in [0.15, 0.2) is 71.8 Å². The first kappa shape index (κ1) is 19.7. The lowest BCUT2D eigenvalue weighted by molar-refractivity contribution is -0.384. The summed E-state index contributed by atoms with van der Waals surface area (Å²) in [6.45, 7) is 0. The van der Waals surface area contributed by atoms with Crippen molar-refractivity contribution in [2.45, 2.75) is 12.8 Å². The Balaban J connectivity index is 1.49. The standard InChI is InChI=1S/C21H18N4O4/c26-20(23-19-10-4-7-16-6-1-2-9-18(16)19)11-12-21(27)24-22-14-15-5-3-8-17(13-15)25(28)29/h1-10,13-14H,11-12H2,(H,23,26)(H,24,27)/b22-14-. The Morgan fingerprint density at radius 1 is 0.966 bits per heavy atom. The highest BCUT2D eigenvalue weighted by Gasteiger charge is 2.09. The molecule has 3 aromatic rings. The number of amides is 2. The number of rotatable bonds is 7. The zero-order chi connectivity index (χ0) is 20.6. The maximum absolute atomic E-state index is 12.2. The molecule has 0 atom stereocenters. The fourth-order valence-corrected chi connectivity index (χ4v) is 2.73. The van der Waals surface area contributed by atoms with Crippen molar-refractivity contribution >= 4 is 40.2 Å². The van der Waals surface area contributed by atoms with Crippen molar-refractivity contribution in [3.63, 3.8) is 0 Å². The van der Waals surface area contributed by atoms with Crippen LogP contribution in [0, 0.1) is 10.1 Å². The lowest BCUT2D eigenvalue weighted by Crippen LogP contribution is -2.20. The van der Waals surface area contributed by atoms with Gasteiger partial charge in [-0.2, -0.15) is 5.10 Å². The predicted molar refractivity (Wildman–Crippen MR) is 111 cm³/mol. The van der Waals surface area contributed by atoms with Crippen LogP contribution in [0.1, 0.15) is 18.4 Å². The van der Waals surface area contributed by atoms with Crippen LogP contribution in [-0.4, -0.2) is 23.0 Å². The van der Waals surface area contributed by atoms with Gasteiger partial charge in [0.15, 0.2) is 0 Å². The van der Waals surface area contributed by atoms with E-state index < -0.39 is 10.8 Å². The highest BCUT2D eigenvalue weighted by molar-refractivity contribution is 6.02. The van der Waals surface area contributed by atoms with Gasteiger partial charge in [-0.05, 0) is 11.5 Å². The van der Waals surface area contributed by atoms with Crippen LogP contribution in [0.2, 0.25) is 0 Å². The first-order chi connectivity index (χ1) is 14.0. The minimum Gasteiger partial charge on any atom is -0.326 e. The Morgan fingerprint density at radius 2 is 1.69 bits per heavy atom. The Bertz CT molecular complexity index is 1090. The van der Waals surface area contributed by atoms with Crippen molar-refractivity contribution in [3.05, 3.63) is 82.4 Å². The molecule has 0 spiro atoms. The smallest absolute Gasteiger partial charge is 0.270 e. The number of hydrogen-bond acceptors (Lipinski definition) is 5. The van der Waals surface area contributed by atoms with Crippen molar-refractivity contribution in [1.82, 2.24) is 5.43 Å². The molecule has 0 heterocycles. The van der Waals surface area contributed by atoms with Crippen molar-refractivity contribution in [2.24, 2.45) is 5.10 Å². The van der Waals surface area contributed by atoms with Crippen molar-refractivity contribution in [3.8, 4) is 0 Å². The van der Waals surface area contributed by atoms with Gasteiger partial charge in [-0.15, -0.1) is 0 Å². The summed E-state index contributed by atoms with van der Waals surface area (Å²) in [4.78, 5) is 34.3. The highest BCUT2D eigenvalue weighted by atomic mass is 16.6. The lowest BCUT2D eigenvalue weighted by Gasteiger charge is -2.08. The van der Waals surface area contributed by atoms with Gasteiger partial charge in [0, 0.05) is 41.6 Å². The van der Waals surface area contributed by atoms with E-state index in [4.69, 9.17) is 0 Å². The molecular formula is C21H18N4O4. The number of nitrogens with one attached hydrogen (secondary N) is 2. The van der Waals surface area contributed by atoms with Gasteiger partial charge in [-0.3, -0.25) is 19.7 Å². The molecule has 0 saturated heterocycles. The maximum atomic E-state index is 12.2. The van der Waals surface area contributed by atoms with Crippen molar-refractivity contribution in [2.75, 3.05) is 5.32 Å². The van der Waals surface area contributed by atoms with Gasteiger partial charge >= 0.3 is 0 Å². The summed E-state index contributed by atoms with van der Waals surface area (Å²) in [6.07, 6.45) is 1.27. The quantitative estimate of drug-likeness (QED) is 0.364. The molecule has 0 aliphatic carbocycles. The molecule has 3 aromatic carbocycles. The van der Waals surface area contributed by atoms with E-state index >= 15 is 0 Å². The third-order valence-electron chi connectivity index (χ3n) is 4.13. The average Bonchev–Trinajstić information content (AvgIpc) is 2.73. The fraction of sp³-hybridized carbons (Fsp3) is 0.0952. The predicted octanol–water partition coefficient (Wildman–Crippen LogP) is 3.62. The summed E-state index contributed by atoms with van der Waals surface area (Å²) in [5, 5.41) is 19.3. The van der Waals surface area contributed by atoms with E-state index in [1.165, 1.54) is 24.4 Å². The van der Waals surface area contributed by atoms with Crippen LogP contribution in [0.5, 0.6) is 0 Å². The summed E-state index contributed by atoms with van der Waals surface area (Å²) in [5.74, 6) is -0.709.